The third-order valence-electron chi connectivity index (χ3n) is 7.56. The lowest BCUT2D eigenvalue weighted by Gasteiger charge is -2.11. The molecular formula is C39H52N2O12. The number of methoxy groups -OCH3 is 2. The monoisotopic (exact) mass is 740 g/mol. The van der Waals surface area contributed by atoms with Crippen molar-refractivity contribution in [3.63, 3.8) is 0 Å². The van der Waals surface area contributed by atoms with Gasteiger partial charge >= 0.3 is 5.97 Å². The number of carbonyl (C=O) groups is 3. The summed E-state index contributed by atoms with van der Waals surface area (Å²) in [6.45, 7) is 7.10. The number of hydrogen-bond acceptors (Lipinski definition) is 11. The SMILES string of the molecule is COCCOCCOCCOCCNC(=O)c1ccc(-c2cc(C(=O)O)cc(-c3ccc(C(=O)NCCOCCOCCOCCOC)cc3)c2)cc1. The Hall–Kier alpha value is -4.25. The summed E-state index contributed by atoms with van der Waals surface area (Å²) in [5.74, 6) is -1.56. The summed E-state index contributed by atoms with van der Waals surface area (Å²) in [7, 11) is 3.24. The van der Waals surface area contributed by atoms with E-state index in [-0.39, 0.29) is 17.4 Å². The third-order valence-corrected chi connectivity index (χ3v) is 7.56. The average Bonchev–Trinajstić information content (AvgIpc) is 3.18. The molecule has 0 spiro atoms. The van der Waals surface area contributed by atoms with E-state index in [1.54, 1.807) is 74.9 Å². The van der Waals surface area contributed by atoms with Gasteiger partial charge in [0.25, 0.3) is 11.8 Å². The van der Waals surface area contributed by atoms with E-state index in [0.29, 0.717) is 128 Å². The molecule has 0 heterocycles. The van der Waals surface area contributed by atoms with Crippen molar-refractivity contribution in [2.75, 3.05) is 120 Å². The number of ether oxygens (including phenoxy) is 8. The molecule has 0 radical (unpaired) electrons. The molecule has 0 aliphatic carbocycles. The summed E-state index contributed by atoms with van der Waals surface area (Å²) < 4.78 is 42.3. The van der Waals surface area contributed by atoms with E-state index < -0.39 is 5.97 Å². The Balaban J connectivity index is 1.43. The van der Waals surface area contributed by atoms with Gasteiger partial charge in [-0.1, -0.05) is 24.3 Å². The van der Waals surface area contributed by atoms with Gasteiger partial charge < -0.3 is 53.6 Å². The van der Waals surface area contributed by atoms with Crippen LogP contribution in [0.5, 0.6) is 0 Å². The summed E-state index contributed by atoms with van der Waals surface area (Å²) in [6, 6.07) is 18.9. The van der Waals surface area contributed by atoms with Crippen LogP contribution in [0.15, 0.2) is 66.7 Å². The topological polar surface area (TPSA) is 169 Å². The molecule has 0 bridgehead atoms. The molecule has 3 aromatic carbocycles. The number of aromatic carboxylic acids is 1. The zero-order valence-corrected chi connectivity index (χ0v) is 30.6. The maximum atomic E-state index is 12.7. The van der Waals surface area contributed by atoms with Crippen LogP contribution in [0, 0.1) is 0 Å². The van der Waals surface area contributed by atoms with Crippen molar-refractivity contribution < 1.29 is 57.4 Å². The number of hydrogen-bond donors (Lipinski definition) is 3. The fraction of sp³-hybridized carbons (Fsp3) is 0.462. The Morgan fingerprint density at radius 3 is 1.08 bits per heavy atom. The number of rotatable bonds is 29. The molecule has 0 saturated carbocycles. The second-order valence-electron chi connectivity index (χ2n) is 11.4. The first-order valence-corrected chi connectivity index (χ1v) is 17.5. The normalized spacial score (nSPS) is 11.1. The van der Waals surface area contributed by atoms with Crippen LogP contribution in [0.25, 0.3) is 22.3 Å². The van der Waals surface area contributed by atoms with Crippen molar-refractivity contribution in [1.29, 1.82) is 0 Å². The Labute approximate surface area is 310 Å². The van der Waals surface area contributed by atoms with E-state index in [4.69, 9.17) is 37.9 Å². The second-order valence-corrected chi connectivity index (χ2v) is 11.4. The highest BCUT2D eigenvalue weighted by atomic mass is 16.6. The molecule has 0 aliphatic heterocycles. The Morgan fingerprint density at radius 2 is 0.755 bits per heavy atom. The van der Waals surface area contributed by atoms with Gasteiger partial charge in [-0.05, 0) is 64.7 Å². The largest absolute Gasteiger partial charge is 0.478 e. The van der Waals surface area contributed by atoms with Gasteiger partial charge in [0.15, 0.2) is 0 Å². The first-order valence-electron chi connectivity index (χ1n) is 17.5. The minimum Gasteiger partial charge on any atom is -0.478 e. The smallest absolute Gasteiger partial charge is 0.335 e. The van der Waals surface area contributed by atoms with Crippen molar-refractivity contribution in [3.05, 3.63) is 83.4 Å². The molecular weight excluding hydrogens is 688 g/mol. The minimum atomic E-state index is -1.07. The van der Waals surface area contributed by atoms with Crippen LogP contribution < -0.4 is 10.6 Å². The molecule has 14 nitrogen and oxygen atoms in total. The first-order chi connectivity index (χ1) is 25.9. The number of carbonyl (C=O) groups excluding carboxylic acids is 2. The van der Waals surface area contributed by atoms with Crippen LogP contribution in [-0.4, -0.2) is 143 Å². The van der Waals surface area contributed by atoms with Gasteiger partial charge in [0.2, 0.25) is 0 Å². The van der Waals surface area contributed by atoms with Crippen LogP contribution in [0.3, 0.4) is 0 Å². The molecule has 0 aliphatic rings. The van der Waals surface area contributed by atoms with Gasteiger partial charge in [-0.2, -0.15) is 0 Å². The zero-order chi connectivity index (χ0) is 37.9. The van der Waals surface area contributed by atoms with Crippen molar-refractivity contribution >= 4 is 17.8 Å². The molecule has 0 aromatic heterocycles. The molecule has 3 aromatic rings. The summed E-state index contributed by atoms with van der Waals surface area (Å²) in [4.78, 5) is 37.3. The van der Waals surface area contributed by atoms with Crippen molar-refractivity contribution in [2.45, 2.75) is 0 Å². The molecule has 0 unspecified atom stereocenters. The minimum absolute atomic E-state index is 0.114. The number of amides is 2. The van der Waals surface area contributed by atoms with Gasteiger partial charge in [-0.25, -0.2) is 4.79 Å². The summed E-state index contributed by atoms with van der Waals surface area (Å²) in [6.07, 6.45) is 0. The third kappa shape index (κ3) is 17.4. The number of nitrogens with one attached hydrogen (secondary N) is 2. The van der Waals surface area contributed by atoms with Crippen LogP contribution in [0.2, 0.25) is 0 Å². The Bertz CT molecular complexity index is 1380. The van der Waals surface area contributed by atoms with Crippen molar-refractivity contribution in [1.82, 2.24) is 10.6 Å². The van der Waals surface area contributed by atoms with Gasteiger partial charge in [-0.15, -0.1) is 0 Å². The fourth-order valence-corrected chi connectivity index (χ4v) is 4.76. The van der Waals surface area contributed by atoms with E-state index in [0.717, 1.165) is 11.1 Å². The Kier molecular flexibility index (Phi) is 21.6. The molecule has 0 atom stereocenters. The summed E-state index contributed by atoms with van der Waals surface area (Å²) >= 11 is 0. The van der Waals surface area contributed by atoms with E-state index in [1.165, 1.54) is 0 Å². The number of carboxylic acid groups (broad SMARTS) is 1. The van der Waals surface area contributed by atoms with Gasteiger partial charge in [-0.3, -0.25) is 9.59 Å². The van der Waals surface area contributed by atoms with Crippen molar-refractivity contribution in [2.24, 2.45) is 0 Å². The predicted octanol–water partition coefficient (Wildman–Crippen LogP) is 3.57. The van der Waals surface area contributed by atoms with Crippen LogP contribution in [-0.2, 0) is 37.9 Å². The highest BCUT2D eigenvalue weighted by molar-refractivity contribution is 5.96. The van der Waals surface area contributed by atoms with Crippen LogP contribution in [0.1, 0.15) is 31.1 Å². The van der Waals surface area contributed by atoms with E-state index in [2.05, 4.69) is 10.6 Å². The maximum absolute atomic E-state index is 12.7. The second kappa shape index (κ2) is 26.5. The number of carboxylic acids is 1. The zero-order valence-electron chi connectivity index (χ0n) is 30.6. The van der Waals surface area contributed by atoms with Gasteiger partial charge in [0.05, 0.1) is 98.1 Å². The lowest BCUT2D eigenvalue weighted by atomic mass is 9.95. The summed E-state index contributed by atoms with van der Waals surface area (Å²) in [5.41, 5.74) is 3.88. The maximum Gasteiger partial charge on any atom is 0.335 e. The quantitative estimate of drug-likeness (QED) is 0.0887. The van der Waals surface area contributed by atoms with Gasteiger partial charge in [0, 0.05) is 38.4 Å². The van der Waals surface area contributed by atoms with E-state index >= 15 is 0 Å². The summed E-state index contributed by atoms with van der Waals surface area (Å²) in [5, 5.41) is 15.5. The molecule has 3 N–H and O–H groups in total. The standard InChI is InChI=1S/C39H52N2O12/c1-46-15-17-50-23-25-52-21-19-48-13-11-40-37(42)32-7-3-30(4-8-32)34-27-35(29-36(28-34)39(44)45)31-5-9-33(10-6-31)38(43)41-12-14-49-20-22-53-26-24-51-18-16-47-2/h3-10,27-29H,11-26H2,1-2H3,(H,40,42)(H,41,43)(H,44,45). The van der Waals surface area contributed by atoms with Crippen LogP contribution in [0.4, 0.5) is 0 Å². The van der Waals surface area contributed by atoms with E-state index in [9.17, 15) is 19.5 Å². The predicted molar refractivity (Wildman–Crippen MR) is 198 cm³/mol. The van der Waals surface area contributed by atoms with Gasteiger partial charge in [0.1, 0.15) is 0 Å². The van der Waals surface area contributed by atoms with Crippen molar-refractivity contribution in [3.8, 4) is 22.3 Å². The Morgan fingerprint density at radius 1 is 0.434 bits per heavy atom. The highest BCUT2D eigenvalue weighted by Crippen LogP contribution is 2.29. The molecule has 2 amide bonds. The lowest BCUT2D eigenvalue weighted by molar-refractivity contribution is 0.00415. The molecule has 0 fully saturated rings. The molecule has 53 heavy (non-hydrogen) atoms. The molecule has 0 saturated heterocycles. The van der Waals surface area contributed by atoms with E-state index in [1.807, 2.05) is 6.07 Å². The fourth-order valence-electron chi connectivity index (χ4n) is 4.76. The molecule has 3 rings (SSSR count). The highest BCUT2D eigenvalue weighted by Gasteiger charge is 2.13. The first kappa shape index (κ1) is 43.2. The molecule has 14 heteroatoms. The lowest BCUT2D eigenvalue weighted by Crippen LogP contribution is -2.27. The average molecular weight is 741 g/mol. The molecule has 290 valence electrons. The number of benzene rings is 3. The van der Waals surface area contributed by atoms with Crippen LogP contribution >= 0.6 is 0 Å².